The number of fused-ring (bicyclic) bond motifs is 1. The van der Waals surface area contributed by atoms with Crippen molar-refractivity contribution in [1.82, 2.24) is 19.4 Å². The summed E-state index contributed by atoms with van der Waals surface area (Å²) in [7, 11) is 0. The Labute approximate surface area is 184 Å². The maximum Gasteiger partial charge on any atom is 0.328 e. The van der Waals surface area contributed by atoms with Gasteiger partial charge in [0.2, 0.25) is 5.91 Å². The summed E-state index contributed by atoms with van der Waals surface area (Å²) in [4.78, 5) is 43.6. The number of nitrogens with one attached hydrogen (secondary N) is 1. The molecule has 1 atom stereocenters. The van der Waals surface area contributed by atoms with Gasteiger partial charge in [0.25, 0.3) is 5.56 Å². The zero-order valence-corrected chi connectivity index (χ0v) is 18.1. The van der Waals surface area contributed by atoms with Crippen LogP contribution in [0.15, 0.2) is 58.1 Å². The predicted molar refractivity (Wildman–Crippen MR) is 121 cm³/mol. The minimum atomic E-state index is -0.491. The second kappa shape index (κ2) is 9.08. The molecule has 31 heavy (non-hydrogen) atoms. The van der Waals surface area contributed by atoms with Crippen molar-refractivity contribution >= 4 is 28.4 Å². The monoisotopic (exact) mass is 440 g/mol. The molecule has 4 rings (SSSR count). The van der Waals surface area contributed by atoms with Crippen molar-refractivity contribution in [3.63, 3.8) is 0 Å². The predicted octanol–water partition coefficient (Wildman–Crippen LogP) is 2.64. The normalized spacial score (nSPS) is 15.9. The van der Waals surface area contributed by atoms with Gasteiger partial charge in [0.1, 0.15) is 0 Å². The molecule has 0 spiro atoms. The van der Waals surface area contributed by atoms with Gasteiger partial charge in [-0.15, -0.1) is 0 Å². The Balaban J connectivity index is 1.38. The second-order valence-corrected chi connectivity index (χ2v) is 8.20. The van der Waals surface area contributed by atoms with Crippen molar-refractivity contribution in [3.8, 4) is 0 Å². The molecule has 0 aliphatic carbocycles. The van der Waals surface area contributed by atoms with Gasteiger partial charge in [-0.2, -0.15) is 0 Å². The molecule has 8 heteroatoms. The van der Waals surface area contributed by atoms with Gasteiger partial charge in [-0.05, 0) is 30.7 Å². The van der Waals surface area contributed by atoms with Crippen LogP contribution in [-0.2, 0) is 11.3 Å². The van der Waals surface area contributed by atoms with Gasteiger partial charge < -0.3 is 4.90 Å². The highest BCUT2D eigenvalue weighted by Crippen LogP contribution is 2.27. The fraction of sp³-hybridized carbons (Fsp3) is 0.348. The van der Waals surface area contributed by atoms with E-state index in [-0.39, 0.29) is 24.9 Å². The van der Waals surface area contributed by atoms with E-state index >= 15 is 0 Å². The maximum atomic E-state index is 12.8. The second-order valence-electron chi connectivity index (χ2n) is 7.79. The highest BCUT2D eigenvalue weighted by Gasteiger charge is 2.25. The summed E-state index contributed by atoms with van der Waals surface area (Å²) in [5, 5.41) is 1.20. The first-order chi connectivity index (χ1) is 15.0. The van der Waals surface area contributed by atoms with Crippen LogP contribution in [0.2, 0.25) is 5.02 Å². The number of H-pyrrole nitrogens is 1. The molecule has 1 fully saturated rings. The summed E-state index contributed by atoms with van der Waals surface area (Å²) in [6.07, 6.45) is 0.204. The molecule has 0 bridgehead atoms. The number of hydrogen-bond donors (Lipinski definition) is 1. The number of carbonyl (C=O) groups is 1. The molecular weight excluding hydrogens is 416 g/mol. The van der Waals surface area contributed by atoms with E-state index in [1.165, 1.54) is 4.57 Å². The first-order valence-electron chi connectivity index (χ1n) is 10.4. The Hall–Kier alpha value is -2.90. The van der Waals surface area contributed by atoms with Crippen LogP contribution in [-0.4, -0.2) is 51.4 Å². The largest absolute Gasteiger partial charge is 0.340 e. The van der Waals surface area contributed by atoms with Crippen molar-refractivity contribution in [2.45, 2.75) is 25.9 Å². The van der Waals surface area contributed by atoms with Crippen molar-refractivity contribution in [2.24, 2.45) is 0 Å². The zero-order valence-electron chi connectivity index (χ0n) is 17.4. The molecule has 1 N–H and O–H groups in total. The highest BCUT2D eigenvalue weighted by atomic mass is 35.5. The summed E-state index contributed by atoms with van der Waals surface area (Å²) in [6.45, 7) is 5.15. The van der Waals surface area contributed by atoms with E-state index in [1.807, 2.05) is 29.2 Å². The van der Waals surface area contributed by atoms with Crippen molar-refractivity contribution in [2.75, 3.05) is 26.2 Å². The lowest BCUT2D eigenvalue weighted by Crippen LogP contribution is -2.49. The van der Waals surface area contributed by atoms with Gasteiger partial charge in [0.05, 0.1) is 10.9 Å². The number of carbonyl (C=O) groups excluding carboxylic acids is 1. The lowest BCUT2D eigenvalue weighted by Gasteiger charge is -2.38. The molecule has 2 heterocycles. The molecule has 2 aromatic carbocycles. The molecule has 7 nitrogen and oxygen atoms in total. The van der Waals surface area contributed by atoms with E-state index in [0.29, 0.717) is 24.0 Å². The van der Waals surface area contributed by atoms with Gasteiger partial charge in [0, 0.05) is 50.2 Å². The quantitative estimate of drug-likeness (QED) is 0.661. The van der Waals surface area contributed by atoms with Crippen LogP contribution in [0.25, 0.3) is 10.9 Å². The molecule has 1 aromatic heterocycles. The molecule has 3 aromatic rings. The van der Waals surface area contributed by atoms with Crippen LogP contribution < -0.4 is 11.2 Å². The van der Waals surface area contributed by atoms with Gasteiger partial charge in [-0.3, -0.25) is 24.0 Å². The highest BCUT2D eigenvalue weighted by molar-refractivity contribution is 6.31. The van der Waals surface area contributed by atoms with Gasteiger partial charge >= 0.3 is 5.69 Å². The van der Waals surface area contributed by atoms with Gasteiger partial charge in [-0.25, -0.2) is 4.79 Å². The van der Waals surface area contributed by atoms with E-state index < -0.39 is 11.2 Å². The van der Waals surface area contributed by atoms with Crippen molar-refractivity contribution in [3.05, 3.63) is 80.0 Å². The van der Waals surface area contributed by atoms with Crippen LogP contribution in [0, 0.1) is 0 Å². The third kappa shape index (κ3) is 4.43. The van der Waals surface area contributed by atoms with Crippen molar-refractivity contribution < 1.29 is 4.79 Å². The molecular formula is C23H25ClN4O3. The van der Waals surface area contributed by atoms with Crippen LogP contribution in [0.4, 0.5) is 0 Å². The number of para-hydroxylation sites is 1. The van der Waals surface area contributed by atoms with Crippen LogP contribution in [0.3, 0.4) is 0 Å². The lowest BCUT2D eigenvalue weighted by atomic mass is 10.1. The topological polar surface area (TPSA) is 78.4 Å². The molecule has 1 aliphatic heterocycles. The first kappa shape index (κ1) is 21.3. The van der Waals surface area contributed by atoms with E-state index in [9.17, 15) is 14.4 Å². The van der Waals surface area contributed by atoms with Crippen molar-refractivity contribution in [1.29, 1.82) is 0 Å². The number of rotatable bonds is 5. The Morgan fingerprint density at radius 1 is 1.03 bits per heavy atom. The number of halogens is 1. The SMILES string of the molecule is CC(c1ccccc1Cl)N1CCN(C(=O)CCn2c(=O)[nH]c(=O)c3ccccc32)CC1. The Morgan fingerprint density at radius 3 is 2.45 bits per heavy atom. The first-order valence-corrected chi connectivity index (χ1v) is 10.8. The molecule has 1 unspecified atom stereocenters. The van der Waals surface area contributed by atoms with Crippen LogP contribution >= 0.6 is 11.6 Å². The average Bonchev–Trinajstić information content (AvgIpc) is 2.79. The summed E-state index contributed by atoms with van der Waals surface area (Å²) in [5.74, 6) is 0.00669. The molecule has 0 radical (unpaired) electrons. The van der Waals surface area contributed by atoms with Gasteiger partial charge in [0.15, 0.2) is 0 Å². The summed E-state index contributed by atoms with van der Waals surface area (Å²) >= 11 is 6.34. The lowest BCUT2D eigenvalue weighted by molar-refractivity contribution is -0.133. The minimum Gasteiger partial charge on any atom is -0.340 e. The summed E-state index contributed by atoms with van der Waals surface area (Å²) in [5.41, 5.74) is 0.734. The number of hydrogen-bond acceptors (Lipinski definition) is 4. The van der Waals surface area contributed by atoms with E-state index in [4.69, 9.17) is 11.6 Å². The minimum absolute atomic E-state index is 0.00669. The fourth-order valence-corrected chi connectivity index (χ4v) is 4.49. The number of amides is 1. The summed E-state index contributed by atoms with van der Waals surface area (Å²) < 4.78 is 1.46. The van der Waals surface area contributed by atoms with E-state index in [1.54, 1.807) is 24.3 Å². The fourth-order valence-electron chi connectivity index (χ4n) is 4.20. The smallest absolute Gasteiger partial charge is 0.328 e. The molecule has 0 saturated carbocycles. The average molecular weight is 441 g/mol. The Bertz CT molecular complexity index is 1210. The third-order valence-corrected chi connectivity index (χ3v) is 6.37. The number of benzene rings is 2. The summed E-state index contributed by atoms with van der Waals surface area (Å²) in [6, 6.07) is 15.0. The zero-order chi connectivity index (χ0) is 22.0. The van der Waals surface area contributed by atoms with Gasteiger partial charge in [-0.1, -0.05) is 41.9 Å². The molecule has 1 saturated heterocycles. The van der Waals surface area contributed by atoms with E-state index in [0.717, 1.165) is 23.7 Å². The number of piperazine rings is 1. The van der Waals surface area contributed by atoms with Crippen LogP contribution in [0.1, 0.15) is 24.9 Å². The third-order valence-electron chi connectivity index (χ3n) is 6.02. The van der Waals surface area contributed by atoms with Crippen LogP contribution in [0.5, 0.6) is 0 Å². The number of aromatic nitrogens is 2. The molecule has 1 aliphatic rings. The molecule has 162 valence electrons. The number of nitrogens with zero attached hydrogens (tertiary/aromatic N) is 3. The standard InChI is InChI=1S/C23H25ClN4O3/c1-16(17-6-2-4-8-19(17)24)26-12-14-27(15-13-26)21(29)10-11-28-20-9-5-3-7-18(20)22(30)25-23(28)31/h2-9,16H,10-15H2,1H3,(H,25,30,31). The van der Waals surface area contributed by atoms with E-state index in [2.05, 4.69) is 16.8 Å². The Kier molecular flexibility index (Phi) is 6.25. The Morgan fingerprint density at radius 2 is 1.71 bits per heavy atom. The maximum absolute atomic E-state index is 12.8. The number of aryl methyl sites for hydroxylation is 1. The molecule has 1 amide bonds. The number of aromatic amines is 1.